The summed E-state index contributed by atoms with van der Waals surface area (Å²) in [5.74, 6) is 1.33. The molecule has 0 saturated carbocycles. The quantitative estimate of drug-likeness (QED) is 0.754. The highest BCUT2D eigenvalue weighted by atomic mass is 31.2. The van der Waals surface area contributed by atoms with E-state index >= 15 is 0 Å². The van der Waals surface area contributed by atoms with Crippen LogP contribution < -0.4 is 9.05 Å². The Kier molecular flexibility index (Phi) is 3.54. The lowest BCUT2D eigenvalue weighted by molar-refractivity contribution is 0.379. The first-order valence-electron chi connectivity index (χ1n) is 6.84. The minimum absolute atomic E-state index is 0.412. The van der Waals surface area contributed by atoms with E-state index in [4.69, 9.17) is 9.05 Å². The van der Waals surface area contributed by atoms with Gasteiger partial charge in [0.1, 0.15) is 11.5 Å². The second kappa shape index (κ2) is 5.34. The van der Waals surface area contributed by atoms with Crippen molar-refractivity contribution in [2.45, 2.75) is 19.8 Å². The third-order valence-corrected chi connectivity index (χ3v) is 5.24. The molecule has 0 spiro atoms. The van der Waals surface area contributed by atoms with E-state index in [0.29, 0.717) is 17.7 Å². The van der Waals surface area contributed by atoms with E-state index in [0.717, 1.165) is 24.0 Å². The zero-order valence-corrected chi connectivity index (χ0v) is 12.3. The molecule has 0 N–H and O–H groups in total. The number of hydrogen-bond acceptors (Lipinski definition) is 3. The average molecular weight is 288 g/mol. The van der Waals surface area contributed by atoms with Gasteiger partial charge in [-0.3, -0.25) is 0 Å². The first-order valence-corrected chi connectivity index (χ1v) is 8.57. The Bertz CT molecular complexity index is 615. The number of hydrogen-bond donors (Lipinski definition) is 0. The summed E-state index contributed by atoms with van der Waals surface area (Å²) >= 11 is 0. The number of fused-ring (bicyclic) bond motifs is 2. The van der Waals surface area contributed by atoms with Crippen molar-refractivity contribution < 1.29 is 13.6 Å². The molecular formula is C16H17O3P. The lowest BCUT2D eigenvalue weighted by atomic mass is 10.0. The molecule has 0 fully saturated rings. The molecule has 3 rings (SSSR count). The largest absolute Gasteiger partial charge is 0.430 e. The Morgan fingerprint density at radius 1 is 0.950 bits per heavy atom. The molecular weight excluding hydrogens is 271 g/mol. The van der Waals surface area contributed by atoms with Crippen LogP contribution >= 0.6 is 7.60 Å². The molecule has 2 aromatic rings. The van der Waals surface area contributed by atoms with Gasteiger partial charge < -0.3 is 9.05 Å². The van der Waals surface area contributed by atoms with Crippen molar-refractivity contribution in [3.63, 3.8) is 0 Å². The van der Waals surface area contributed by atoms with Gasteiger partial charge in [-0.2, -0.15) is 0 Å². The third kappa shape index (κ3) is 2.59. The van der Waals surface area contributed by atoms with E-state index in [2.05, 4.69) is 0 Å². The monoisotopic (exact) mass is 288 g/mol. The predicted molar refractivity (Wildman–Crippen MR) is 79.7 cm³/mol. The van der Waals surface area contributed by atoms with Crippen LogP contribution in [0.2, 0.25) is 0 Å². The Labute approximate surface area is 119 Å². The maximum atomic E-state index is 12.9. The summed E-state index contributed by atoms with van der Waals surface area (Å²) in [6.07, 6.45) is 1.88. The van der Waals surface area contributed by atoms with Gasteiger partial charge in [-0.15, -0.1) is 0 Å². The Morgan fingerprint density at radius 2 is 1.45 bits per heavy atom. The van der Waals surface area contributed by atoms with Gasteiger partial charge in [-0.05, 0) is 29.7 Å². The van der Waals surface area contributed by atoms with Gasteiger partial charge in [0.15, 0.2) is 0 Å². The molecule has 0 aromatic heterocycles. The summed E-state index contributed by atoms with van der Waals surface area (Å²) < 4.78 is 24.4. The zero-order valence-electron chi connectivity index (χ0n) is 11.4. The van der Waals surface area contributed by atoms with Gasteiger partial charge in [0.2, 0.25) is 0 Å². The number of para-hydroxylation sites is 2. The average Bonchev–Trinajstić information content (AvgIpc) is 2.41. The van der Waals surface area contributed by atoms with Crippen molar-refractivity contribution in [1.82, 2.24) is 0 Å². The van der Waals surface area contributed by atoms with Crippen molar-refractivity contribution in [3.05, 3.63) is 59.7 Å². The topological polar surface area (TPSA) is 35.5 Å². The van der Waals surface area contributed by atoms with Gasteiger partial charge in [-0.25, -0.2) is 4.57 Å². The highest BCUT2D eigenvalue weighted by molar-refractivity contribution is 7.54. The highest BCUT2D eigenvalue weighted by Gasteiger charge is 2.30. The lowest BCUT2D eigenvalue weighted by Gasteiger charge is -2.25. The third-order valence-electron chi connectivity index (χ3n) is 3.30. The summed E-state index contributed by atoms with van der Waals surface area (Å²) in [5.41, 5.74) is 2.08. The van der Waals surface area contributed by atoms with Crippen LogP contribution in [0.4, 0.5) is 0 Å². The van der Waals surface area contributed by atoms with E-state index in [-0.39, 0.29) is 0 Å². The molecule has 0 radical (unpaired) electrons. The van der Waals surface area contributed by atoms with Crippen molar-refractivity contribution >= 4 is 7.60 Å². The first-order chi connectivity index (χ1) is 9.70. The minimum Gasteiger partial charge on any atom is -0.416 e. The molecule has 1 aliphatic heterocycles. The molecule has 0 amide bonds. The lowest BCUT2D eigenvalue weighted by Crippen LogP contribution is -2.10. The van der Waals surface area contributed by atoms with Crippen molar-refractivity contribution in [2.75, 3.05) is 6.16 Å². The van der Waals surface area contributed by atoms with Crippen molar-refractivity contribution in [3.8, 4) is 11.5 Å². The first kappa shape index (κ1) is 13.3. The van der Waals surface area contributed by atoms with Crippen LogP contribution in [0.5, 0.6) is 11.5 Å². The van der Waals surface area contributed by atoms with E-state index in [1.54, 1.807) is 0 Å². The van der Waals surface area contributed by atoms with Gasteiger partial charge in [-0.1, -0.05) is 43.3 Å². The Hall–Kier alpha value is -1.73. The minimum atomic E-state index is -3.15. The molecule has 0 atom stereocenters. The molecule has 1 aliphatic rings. The predicted octanol–water partition coefficient (Wildman–Crippen LogP) is 4.65. The van der Waals surface area contributed by atoms with Crippen LogP contribution in [0.15, 0.2) is 48.5 Å². The summed E-state index contributed by atoms with van der Waals surface area (Å²) in [4.78, 5) is 0. The van der Waals surface area contributed by atoms with Gasteiger partial charge >= 0.3 is 7.60 Å². The Balaban J connectivity index is 2.12. The summed E-state index contributed by atoms with van der Waals surface area (Å²) in [6, 6.07) is 15.5. The maximum Gasteiger partial charge on any atom is 0.430 e. The molecule has 20 heavy (non-hydrogen) atoms. The van der Waals surface area contributed by atoms with Crippen LogP contribution in [0.3, 0.4) is 0 Å². The molecule has 0 bridgehead atoms. The van der Waals surface area contributed by atoms with Crippen LogP contribution in [-0.4, -0.2) is 6.16 Å². The van der Waals surface area contributed by atoms with Crippen LogP contribution in [0.25, 0.3) is 0 Å². The zero-order chi connectivity index (χ0) is 14.0. The van der Waals surface area contributed by atoms with E-state index in [1.807, 2.05) is 55.5 Å². The summed E-state index contributed by atoms with van der Waals surface area (Å²) in [7, 11) is -3.15. The van der Waals surface area contributed by atoms with Gasteiger partial charge in [0.05, 0.1) is 6.16 Å². The standard InChI is InChI=1S/C16H17O3P/c1-2-11-20(17)18-15-9-5-3-7-13(15)12-14-8-4-6-10-16(14)19-20/h3-10H,2,11-12H2,1H3. The molecule has 0 aliphatic carbocycles. The maximum absolute atomic E-state index is 12.9. The SMILES string of the molecule is CCCP1(=O)Oc2ccccc2Cc2ccccc2O1. The second-order valence-electron chi connectivity index (χ2n) is 4.91. The Morgan fingerprint density at radius 3 is 1.95 bits per heavy atom. The summed E-state index contributed by atoms with van der Waals surface area (Å²) in [5, 5.41) is 0. The van der Waals surface area contributed by atoms with E-state index in [9.17, 15) is 4.57 Å². The van der Waals surface area contributed by atoms with Crippen LogP contribution in [0, 0.1) is 0 Å². The molecule has 104 valence electrons. The number of benzene rings is 2. The van der Waals surface area contributed by atoms with Gasteiger partial charge in [0, 0.05) is 6.42 Å². The van der Waals surface area contributed by atoms with Gasteiger partial charge in [0.25, 0.3) is 0 Å². The smallest absolute Gasteiger partial charge is 0.416 e. The molecule has 2 aromatic carbocycles. The molecule has 4 heteroatoms. The summed E-state index contributed by atoms with van der Waals surface area (Å²) in [6.45, 7) is 1.98. The van der Waals surface area contributed by atoms with Crippen LogP contribution in [-0.2, 0) is 11.0 Å². The molecule has 0 unspecified atom stereocenters. The fourth-order valence-electron chi connectivity index (χ4n) is 2.37. The normalized spacial score (nSPS) is 15.8. The van der Waals surface area contributed by atoms with Crippen molar-refractivity contribution in [1.29, 1.82) is 0 Å². The fourth-order valence-corrected chi connectivity index (χ4v) is 4.09. The van der Waals surface area contributed by atoms with Crippen molar-refractivity contribution in [2.24, 2.45) is 0 Å². The molecule has 1 heterocycles. The van der Waals surface area contributed by atoms with E-state index in [1.165, 1.54) is 0 Å². The fraction of sp³-hybridized carbons (Fsp3) is 0.250. The number of rotatable bonds is 2. The van der Waals surface area contributed by atoms with E-state index < -0.39 is 7.60 Å². The molecule has 0 saturated heterocycles. The molecule has 3 nitrogen and oxygen atoms in total. The van der Waals surface area contributed by atoms with Crippen LogP contribution in [0.1, 0.15) is 24.5 Å². The highest BCUT2D eigenvalue weighted by Crippen LogP contribution is 2.52. The second-order valence-corrected chi connectivity index (χ2v) is 6.94.